The number of carbonyl (C=O) groups excluding carboxylic acids is 2. The predicted octanol–water partition coefficient (Wildman–Crippen LogP) is 2.55. The minimum atomic E-state index is -1.59. The lowest BCUT2D eigenvalue weighted by Crippen LogP contribution is -2.69. The van der Waals surface area contributed by atoms with E-state index in [0.29, 0.717) is 25.7 Å². The summed E-state index contributed by atoms with van der Waals surface area (Å²) < 4.78 is 11.9. The third-order valence-corrected chi connectivity index (χ3v) is 12.3. The SMILES string of the molecule is C[C@H]1C[C@H]([C@](C)(O)[C@@]2(O)CC[C@H]3[C@@H]4C[C@H]5O[C@]56[C@@H](O)C=CC(=O)[C@]6(C)[C@H]4CC[C@@]32C)OC(=O)[C@@H]1C. The van der Waals surface area contributed by atoms with Crippen molar-refractivity contribution in [2.45, 2.75) is 108 Å². The van der Waals surface area contributed by atoms with Crippen molar-refractivity contribution in [2.75, 3.05) is 0 Å². The van der Waals surface area contributed by atoms with Gasteiger partial charge in [-0.1, -0.05) is 20.8 Å². The molecule has 0 aromatic rings. The summed E-state index contributed by atoms with van der Waals surface area (Å²) in [6.07, 6.45) is 5.20. The van der Waals surface area contributed by atoms with Gasteiger partial charge in [0.15, 0.2) is 5.78 Å². The summed E-state index contributed by atoms with van der Waals surface area (Å²) >= 11 is 0. The second-order valence-corrected chi connectivity index (χ2v) is 13.3. The van der Waals surface area contributed by atoms with Crippen LogP contribution in [0.1, 0.15) is 73.1 Å². The van der Waals surface area contributed by atoms with Gasteiger partial charge in [-0.15, -0.1) is 0 Å². The van der Waals surface area contributed by atoms with E-state index in [1.54, 1.807) is 13.0 Å². The molecule has 194 valence electrons. The minimum absolute atomic E-state index is 0.0288. The van der Waals surface area contributed by atoms with Gasteiger partial charge in [0, 0.05) is 5.41 Å². The third kappa shape index (κ3) is 2.56. The molecule has 0 aromatic carbocycles. The Morgan fingerprint density at radius 2 is 1.77 bits per heavy atom. The number of ketones is 1. The van der Waals surface area contributed by atoms with Crippen molar-refractivity contribution in [1.29, 1.82) is 0 Å². The molecule has 35 heavy (non-hydrogen) atoms. The number of aliphatic hydroxyl groups is 3. The summed E-state index contributed by atoms with van der Waals surface area (Å²) in [6.45, 7) is 9.56. The van der Waals surface area contributed by atoms with Crippen molar-refractivity contribution >= 4 is 11.8 Å². The average Bonchev–Trinajstić information content (AvgIpc) is 3.47. The molecule has 0 aromatic heterocycles. The van der Waals surface area contributed by atoms with Crippen LogP contribution in [-0.4, -0.2) is 62.2 Å². The summed E-state index contributed by atoms with van der Waals surface area (Å²) in [7, 11) is 0. The molecule has 2 heterocycles. The Hall–Kier alpha value is -1.28. The zero-order valence-corrected chi connectivity index (χ0v) is 21.5. The van der Waals surface area contributed by atoms with E-state index in [2.05, 4.69) is 6.92 Å². The lowest BCUT2D eigenvalue weighted by molar-refractivity contribution is -0.261. The number of fused-ring (bicyclic) bond motifs is 4. The smallest absolute Gasteiger partial charge is 0.309 e. The number of ether oxygens (including phenoxy) is 2. The van der Waals surface area contributed by atoms with E-state index >= 15 is 0 Å². The normalized spacial score (nSPS) is 58.4. The molecule has 3 N–H and O–H groups in total. The van der Waals surface area contributed by atoms with Crippen LogP contribution in [0.2, 0.25) is 0 Å². The zero-order chi connectivity index (χ0) is 25.3. The number of hydrogen-bond donors (Lipinski definition) is 3. The number of rotatable bonds is 2. The molecule has 6 aliphatic rings. The molecule has 7 heteroatoms. The first-order valence-corrected chi connectivity index (χ1v) is 13.5. The predicted molar refractivity (Wildman–Crippen MR) is 126 cm³/mol. The molecule has 6 rings (SSSR count). The molecule has 0 radical (unpaired) electrons. The van der Waals surface area contributed by atoms with Crippen molar-refractivity contribution in [3.05, 3.63) is 12.2 Å². The second-order valence-electron chi connectivity index (χ2n) is 13.3. The number of carbonyl (C=O) groups is 2. The van der Waals surface area contributed by atoms with Crippen molar-refractivity contribution in [2.24, 2.45) is 40.4 Å². The molecule has 5 fully saturated rings. The summed E-state index contributed by atoms with van der Waals surface area (Å²) in [5.74, 6) is -0.146. The maximum Gasteiger partial charge on any atom is 0.309 e. The van der Waals surface area contributed by atoms with Gasteiger partial charge < -0.3 is 24.8 Å². The Morgan fingerprint density at radius 1 is 1.09 bits per heavy atom. The lowest BCUT2D eigenvalue weighted by Gasteiger charge is -2.61. The maximum atomic E-state index is 13.3. The number of epoxide rings is 1. The van der Waals surface area contributed by atoms with Gasteiger partial charge in [-0.05, 0) is 88.2 Å². The number of esters is 1. The Balaban J connectivity index is 1.34. The molecular formula is C28H40O7. The number of cyclic esters (lactones) is 1. The van der Waals surface area contributed by atoms with Gasteiger partial charge in [0.25, 0.3) is 0 Å². The fourth-order valence-corrected chi connectivity index (χ4v) is 9.72. The van der Waals surface area contributed by atoms with Gasteiger partial charge in [0.05, 0.1) is 17.4 Å². The van der Waals surface area contributed by atoms with Crippen LogP contribution in [-0.2, 0) is 19.1 Å². The van der Waals surface area contributed by atoms with E-state index in [0.717, 1.165) is 12.8 Å². The molecule has 0 bridgehead atoms. The Kier molecular flexibility index (Phi) is 4.80. The van der Waals surface area contributed by atoms with E-state index in [-0.39, 0.29) is 47.4 Å². The van der Waals surface area contributed by atoms with Crippen LogP contribution in [0.5, 0.6) is 0 Å². The van der Waals surface area contributed by atoms with Gasteiger partial charge in [0.1, 0.15) is 29.0 Å². The fraction of sp³-hybridized carbons (Fsp3) is 0.857. The highest BCUT2D eigenvalue weighted by Crippen LogP contribution is 2.74. The summed E-state index contributed by atoms with van der Waals surface area (Å²) in [5.41, 5.74) is -5.21. The van der Waals surface area contributed by atoms with Crippen molar-refractivity contribution < 1.29 is 34.4 Å². The standard InChI is InChI=1S/C28H40O7/c1-14-12-21(34-23(31)15(14)2)26(5,32)27(33)11-9-17-16-13-22-28(35-22)20(30)7-6-19(29)25(28,4)18(16)8-10-24(17,27)3/h6-7,14-18,20-22,30,32-33H,8-13H2,1-5H3/t14-,15+,16-,17-,18-,20-,21+,22+,24-,25-,26-,27+,28+/m0/s1. The first-order valence-electron chi connectivity index (χ1n) is 13.5. The number of aliphatic hydroxyl groups excluding tert-OH is 1. The van der Waals surface area contributed by atoms with Crippen LogP contribution in [0.4, 0.5) is 0 Å². The van der Waals surface area contributed by atoms with Crippen molar-refractivity contribution in [3.63, 3.8) is 0 Å². The van der Waals surface area contributed by atoms with Crippen LogP contribution in [0.25, 0.3) is 0 Å². The van der Waals surface area contributed by atoms with Crippen molar-refractivity contribution in [3.8, 4) is 0 Å². The second kappa shape index (κ2) is 6.97. The molecule has 7 nitrogen and oxygen atoms in total. The van der Waals surface area contributed by atoms with E-state index in [9.17, 15) is 24.9 Å². The molecule has 2 saturated heterocycles. The van der Waals surface area contributed by atoms with E-state index in [4.69, 9.17) is 9.47 Å². The van der Waals surface area contributed by atoms with Gasteiger partial charge in [0.2, 0.25) is 0 Å². The molecular weight excluding hydrogens is 448 g/mol. The molecule has 2 aliphatic heterocycles. The van der Waals surface area contributed by atoms with E-state index in [1.807, 2.05) is 20.8 Å². The number of allylic oxidation sites excluding steroid dienone is 1. The van der Waals surface area contributed by atoms with Crippen LogP contribution in [0, 0.1) is 40.4 Å². The molecule has 3 saturated carbocycles. The Morgan fingerprint density at radius 3 is 2.46 bits per heavy atom. The largest absolute Gasteiger partial charge is 0.459 e. The number of hydrogen-bond acceptors (Lipinski definition) is 7. The first kappa shape index (κ1) is 24.1. The molecule has 13 atom stereocenters. The maximum absolute atomic E-state index is 13.3. The summed E-state index contributed by atoms with van der Waals surface area (Å²) in [4.78, 5) is 25.8. The highest BCUT2D eigenvalue weighted by molar-refractivity contribution is 5.98. The van der Waals surface area contributed by atoms with E-state index in [1.165, 1.54) is 6.08 Å². The Labute approximate surface area is 207 Å². The van der Waals surface area contributed by atoms with Crippen LogP contribution >= 0.6 is 0 Å². The third-order valence-electron chi connectivity index (χ3n) is 12.3. The molecule has 1 spiro atoms. The van der Waals surface area contributed by atoms with Crippen LogP contribution < -0.4 is 0 Å². The summed E-state index contributed by atoms with van der Waals surface area (Å²) in [5, 5.41) is 35.1. The average molecular weight is 489 g/mol. The highest BCUT2D eigenvalue weighted by atomic mass is 16.6. The topological polar surface area (TPSA) is 117 Å². The molecule has 0 amide bonds. The molecule has 0 unspecified atom stereocenters. The first-order chi connectivity index (χ1) is 16.3. The van der Waals surface area contributed by atoms with Gasteiger partial charge in [-0.2, -0.15) is 0 Å². The fourth-order valence-electron chi connectivity index (χ4n) is 9.72. The zero-order valence-electron chi connectivity index (χ0n) is 21.5. The summed E-state index contributed by atoms with van der Waals surface area (Å²) in [6, 6.07) is 0. The van der Waals surface area contributed by atoms with Crippen LogP contribution in [0.15, 0.2) is 12.2 Å². The van der Waals surface area contributed by atoms with Gasteiger partial charge in [-0.3, -0.25) is 9.59 Å². The molecule has 4 aliphatic carbocycles. The van der Waals surface area contributed by atoms with Gasteiger partial charge >= 0.3 is 5.97 Å². The highest BCUT2D eigenvalue weighted by Gasteiger charge is 2.81. The van der Waals surface area contributed by atoms with Crippen LogP contribution in [0.3, 0.4) is 0 Å². The van der Waals surface area contributed by atoms with E-state index < -0.39 is 39.8 Å². The lowest BCUT2D eigenvalue weighted by atomic mass is 9.43. The Bertz CT molecular complexity index is 1010. The van der Waals surface area contributed by atoms with Crippen molar-refractivity contribution in [1.82, 2.24) is 0 Å². The van der Waals surface area contributed by atoms with Gasteiger partial charge in [-0.25, -0.2) is 0 Å². The quantitative estimate of drug-likeness (QED) is 0.404. The monoisotopic (exact) mass is 488 g/mol. The minimum Gasteiger partial charge on any atom is -0.459 e.